The summed E-state index contributed by atoms with van der Waals surface area (Å²) in [5, 5.41) is 0. The molecule has 7 heteroatoms. The van der Waals surface area contributed by atoms with Gasteiger partial charge in [0.05, 0.1) is 11.5 Å². The number of benzene rings is 1. The van der Waals surface area contributed by atoms with Crippen molar-refractivity contribution in [2.24, 2.45) is 5.92 Å². The Kier molecular flexibility index (Phi) is 6.52. The fourth-order valence-electron chi connectivity index (χ4n) is 2.73. The van der Waals surface area contributed by atoms with Crippen LogP contribution in [-0.2, 0) is 14.8 Å². The fraction of sp³-hybridized carbons (Fsp3) is 0.625. The van der Waals surface area contributed by atoms with E-state index in [9.17, 15) is 12.8 Å². The molecule has 0 spiro atoms. The zero-order valence-electron chi connectivity index (χ0n) is 13.7. The van der Waals surface area contributed by atoms with Crippen molar-refractivity contribution in [2.75, 3.05) is 39.9 Å². The van der Waals surface area contributed by atoms with E-state index in [4.69, 9.17) is 4.74 Å². The average Bonchev–Trinajstić information content (AvgIpc) is 2.54. The number of nitrogens with one attached hydrogen (secondary N) is 1. The molecule has 1 fully saturated rings. The maximum absolute atomic E-state index is 13.3. The number of likely N-dealkylation sites (tertiary alicyclic amines) is 1. The van der Waals surface area contributed by atoms with Gasteiger partial charge >= 0.3 is 0 Å². The maximum atomic E-state index is 13.3. The quantitative estimate of drug-likeness (QED) is 0.819. The smallest absolute Gasteiger partial charge is 0.240 e. The van der Waals surface area contributed by atoms with Crippen LogP contribution in [0.25, 0.3) is 0 Å². The summed E-state index contributed by atoms with van der Waals surface area (Å²) in [5.41, 5.74) is 0.333. The van der Waals surface area contributed by atoms with Gasteiger partial charge in [-0.05, 0) is 62.5 Å². The van der Waals surface area contributed by atoms with Crippen LogP contribution in [0.2, 0.25) is 0 Å². The first kappa shape index (κ1) is 18.3. The molecule has 23 heavy (non-hydrogen) atoms. The molecule has 1 saturated heterocycles. The highest BCUT2D eigenvalue weighted by Crippen LogP contribution is 2.18. The number of aryl methyl sites for hydroxylation is 1. The second kappa shape index (κ2) is 8.19. The van der Waals surface area contributed by atoms with Crippen molar-refractivity contribution in [2.45, 2.75) is 24.7 Å². The fourth-order valence-corrected chi connectivity index (χ4v) is 3.93. The van der Waals surface area contributed by atoms with Crippen molar-refractivity contribution in [3.63, 3.8) is 0 Å². The number of methoxy groups -OCH3 is 1. The van der Waals surface area contributed by atoms with Crippen molar-refractivity contribution >= 4 is 10.0 Å². The molecule has 130 valence electrons. The zero-order valence-corrected chi connectivity index (χ0v) is 14.5. The molecule has 0 aliphatic carbocycles. The van der Waals surface area contributed by atoms with Crippen LogP contribution in [0.4, 0.5) is 4.39 Å². The van der Waals surface area contributed by atoms with Crippen molar-refractivity contribution in [3.8, 4) is 0 Å². The van der Waals surface area contributed by atoms with Gasteiger partial charge in [-0.1, -0.05) is 0 Å². The molecule has 1 aliphatic heterocycles. The summed E-state index contributed by atoms with van der Waals surface area (Å²) in [6, 6.07) is 3.86. The van der Waals surface area contributed by atoms with Gasteiger partial charge in [-0.25, -0.2) is 17.5 Å². The van der Waals surface area contributed by atoms with Gasteiger partial charge in [0, 0.05) is 20.2 Å². The lowest BCUT2D eigenvalue weighted by Gasteiger charge is -2.31. The highest BCUT2D eigenvalue weighted by molar-refractivity contribution is 7.89. The molecule has 0 atom stereocenters. The molecule has 0 bridgehead atoms. The SMILES string of the molecule is COCCN1CCC(CNS(=O)(=O)c2ccc(F)c(C)c2)CC1. The van der Waals surface area contributed by atoms with E-state index in [-0.39, 0.29) is 4.90 Å². The van der Waals surface area contributed by atoms with E-state index in [1.807, 2.05) is 0 Å². The van der Waals surface area contributed by atoms with Gasteiger partial charge in [0.25, 0.3) is 0 Å². The van der Waals surface area contributed by atoms with Gasteiger partial charge in [-0.3, -0.25) is 0 Å². The molecule has 0 amide bonds. The number of nitrogens with zero attached hydrogens (tertiary/aromatic N) is 1. The number of piperidine rings is 1. The van der Waals surface area contributed by atoms with Crippen LogP contribution < -0.4 is 4.72 Å². The topological polar surface area (TPSA) is 58.6 Å². The summed E-state index contributed by atoms with van der Waals surface area (Å²) in [7, 11) is -1.88. The predicted octanol–water partition coefficient (Wildman–Crippen LogP) is 1.77. The van der Waals surface area contributed by atoms with Gasteiger partial charge in [-0.2, -0.15) is 0 Å². The minimum atomic E-state index is -3.58. The Balaban J connectivity index is 1.84. The highest BCUT2D eigenvalue weighted by atomic mass is 32.2. The van der Waals surface area contributed by atoms with Crippen molar-refractivity contribution in [3.05, 3.63) is 29.6 Å². The van der Waals surface area contributed by atoms with Gasteiger partial charge in [0.1, 0.15) is 5.82 Å². The number of rotatable bonds is 7. The standard InChI is InChI=1S/C16H25FN2O3S/c1-13-11-15(3-4-16(13)17)23(20,21)18-12-14-5-7-19(8-6-14)9-10-22-2/h3-4,11,14,18H,5-10,12H2,1-2H3. The van der Waals surface area contributed by atoms with Crippen LogP contribution in [0.3, 0.4) is 0 Å². The molecular weight excluding hydrogens is 319 g/mol. The number of halogens is 1. The van der Waals surface area contributed by atoms with E-state index in [0.29, 0.717) is 18.0 Å². The monoisotopic (exact) mass is 344 g/mol. The normalized spacial score (nSPS) is 17.5. The van der Waals surface area contributed by atoms with E-state index in [2.05, 4.69) is 9.62 Å². The van der Waals surface area contributed by atoms with Crippen molar-refractivity contribution < 1.29 is 17.5 Å². The third-order valence-corrected chi connectivity index (χ3v) is 5.74. The van der Waals surface area contributed by atoms with Crippen LogP contribution in [0.15, 0.2) is 23.1 Å². The maximum Gasteiger partial charge on any atom is 0.240 e. The molecule has 1 aliphatic rings. The largest absolute Gasteiger partial charge is 0.383 e. The molecule has 2 rings (SSSR count). The molecule has 0 saturated carbocycles. The van der Waals surface area contributed by atoms with E-state index >= 15 is 0 Å². The molecule has 1 N–H and O–H groups in total. The van der Waals surface area contributed by atoms with E-state index < -0.39 is 15.8 Å². The second-order valence-corrected chi connectivity index (χ2v) is 7.81. The van der Waals surface area contributed by atoms with Crippen LogP contribution >= 0.6 is 0 Å². The first-order valence-electron chi connectivity index (χ1n) is 7.89. The number of hydrogen-bond donors (Lipinski definition) is 1. The van der Waals surface area contributed by atoms with Crippen LogP contribution in [-0.4, -0.2) is 53.2 Å². The summed E-state index contributed by atoms with van der Waals surface area (Å²) < 4.78 is 45.6. The molecule has 1 heterocycles. The highest BCUT2D eigenvalue weighted by Gasteiger charge is 2.22. The summed E-state index contributed by atoms with van der Waals surface area (Å²) in [5.74, 6) is -0.0579. The van der Waals surface area contributed by atoms with E-state index in [1.54, 1.807) is 14.0 Å². The second-order valence-electron chi connectivity index (χ2n) is 6.04. The van der Waals surface area contributed by atoms with Crippen molar-refractivity contribution in [1.29, 1.82) is 0 Å². The number of sulfonamides is 1. The van der Waals surface area contributed by atoms with Gasteiger partial charge in [-0.15, -0.1) is 0 Å². The van der Waals surface area contributed by atoms with Gasteiger partial charge in [0.2, 0.25) is 10.0 Å². The minimum absolute atomic E-state index is 0.119. The van der Waals surface area contributed by atoms with E-state index in [0.717, 1.165) is 39.1 Å². The molecule has 0 aromatic heterocycles. The Morgan fingerprint density at radius 1 is 1.35 bits per heavy atom. The van der Waals surface area contributed by atoms with Crippen LogP contribution in [0, 0.1) is 18.7 Å². The van der Waals surface area contributed by atoms with Crippen LogP contribution in [0.5, 0.6) is 0 Å². The zero-order chi connectivity index (χ0) is 16.9. The molecule has 5 nitrogen and oxygen atoms in total. The molecule has 0 unspecified atom stereocenters. The molecule has 0 radical (unpaired) electrons. The Morgan fingerprint density at radius 2 is 2.04 bits per heavy atom. The van der Waals surface area contributed by atoms with Crippen LogP contribution in [0.1, 0.15) is 18.4 Å². The lowest BCUT2D eigenvalue weighted by molar-refractivity contribution is 0.121. The lowest BCUT2D eigenvalue weighted by atomic mass is 9.97. The van der Waals surface area contributed by atoms with E-state index in [1.165, 1.54) is 18.2 Å². The Bertz CT molecular complexity index is 614. The average molecular weight is 344 g/mol. The first-order chi connectivity index (χ1) is 10.9. The summed E-state index contributed by atoms with van der Waals surface area (Å²) in [6.07, 6.45) is 1.93. The third kappa shape index (κ3) is 5.24. The Hall–Kier alpha value is -1.02. The molecular formula is C16H25FN2O3S. The first-order valence-corrected chi connectivity index (χ1v) is 9.38. The summed E-state index contributed by atoms with van der Waals surface area (Å²) >= 11 is 0. The third-order valence-electron chi connectivity index (χ3n) is 4.32. The lowest BCUT2D eigenvalue weighted by Crippen LogP contribution is -2.39. The Labute approximate surface area is 137 Å². The summed E-state index contributed by atoms with van der Waals surface area (Å²) in [6.45, 7) is 5.56. The minimum Gasteiger partial charge on any atom is -0.383 e. The molecule has 1 aromatic rings. The molecule has 1 aromatic carbocycles. The van der Waals surface area contributed by atoms with Gasteiger partial charge < -0.3 is 9.64 Å². The number of hydrogen-bond acceptors (Lipinski definition) is 4. The summed E-state index contributed by atoms with van der Waals surface area (Å²) in [4.78, 5) is 2.45. The van der Waals surface area contributed by atoms with Crippen molar-refractivity contribution in [1.82, 2.24) is 9.62 Å². The predicted molar refractivity (Wildman–Crippen MR) is 87.4 cm³/mol. The van der Waals surface area contributed by atoms with Gasteiger partial charge in [0.15, 0.2) is 0 Å². The number of ether oxygens (including phenoxy) is 1. The Morgan fingerprint density at radius 3 is 2.65 bits per heavy atom.